The average Bonchev–Trinajstić information content (AvgIpc) is 2.36. The van der Waals surface area contributed by atoms with E-state index in [2.05, 4.69) is 13.8 Å². The Hall–Kier alpha value is -1.70. The van der Waals surface area contributed by atoms with E-state index in [1.807, 2.05) is 24.3 Å². The fourth-order valence-corrected chi connectivity index (χ4v) is 2.12. The minimum absolute atomic E-state index is 0.291. The molecule has 0 aliphatic rings. The molecule has 0 saturated carbocycles. The highest BCUT2D eigenvalue weighted by Gasteiger charge is 2.03. The lowest BCUT2D eigenvalue weighted by Crippen LogP contribution is -2.07. The van der Waals surface area contributed by atoms with Crippen molar-refractivity contribution in [1.29, 1.82) is 0 Å². The quantitative estimate of drug-likeness (QED) is 0.846. The second-order valence-corrected chi connectivity index (χ2v) is 4.90. The molecule has 0 fully saturated rings. The number of aromatic hydroxyl groups is 1. The molecule has 2 nitrogen and oxygen atoms in total. The molecule has 1 unspecified atom stereocenters. The van der Waals surface area contributed by atoms with Gasteiger partial charge in [0.15, 0.2) is 0 Å². The highest BCUT2D eigenvalue weighted by molar-refractivity contribution is 5.85. The summed E-state index contributed by atoms with van der Waals surface area (Å²) in [4.78, 5) is 0. The summed E-state index contributed by atoms with van der Waals surface area (Å²) in [6.45, 7) is 5.14. The fraction of sp³-hybridized carbons (Fsp3) is 0.375. The first-order valence-electron chi connectivity index (χ1n) is 6.54. The molecule has 0 aromatic heterocycles. The second-order valence-electron chi connectivity index (χ2n) is 4.90. The molecule has 0 spiro atoms. The third-order valence-electron chi connectivity index (χ3n) is 3.11. The van der Waals surface area contributed by atoms with Gasteiger partial charge in [0.1, 0.15) is 11.5 Å². The van der Waals surface area contributed by atoms with Gasteiger partial charge in [-0.05, 0) is 47.4 Å². The van der Waals surface area contributed by atoms with Crippen LogP contribution in [-0.2, 0) is 0 Å². The fourth-order valence-electron chi connectivity index (χ4n) is 2.12. The largest absolute Gasteiger partial charge is 0.508 e. The number of hydrogen-bond acceptors (Lipinski definition) is 2. The molecule has 96 valence electrons. The molecule has 1 N–H and O–H groups in total. The van der Waals surface area contributed by atoms with E-state index in [-0.39, 0.29) is 0 Å². The lowest BCUT2D eigenvalue weighted by molar-refractivity contribution is 0.252. The van der Waals surface area contributed by atoms with Gasteiger partial charge in [-0.25, -0.2) is 0 Å². The van der Waals surface area contributed by atoms with Crippen LogP contribution in [0.5, 0.6) is 11.5 Å². The van der Waals surface area contributed by atoms with Gasteiger partial charge in [0.05, 0.1) is 6.61 Å². The molecule has 2 aromatic carbocycles. The molecule has 0 amide bonds. The first kappa shape index (κ1) is 12.7. The van der Waals surface area contributed by atoms with E-state index < -0.39 is 0 Å². The van der Waals surface area contributed by atoms with Gasteiger partial charge in [0, 0.05) is 0 Å². The Morgan fingerprint density at radius 1 is 1.11 bits per heavy atom. The number of phenolic OH excluding ortho intramolecular Hbond substituents is 1. The van der Waals surface area contributed by atoms with Gasteiger partial charge in [0.25, 0.3) is 0 Å². The van der Waals surface area contributed by atoms with Gasteiger partial charge >= 0.3 is 0 Å². The number of phenols is 1. The zero-order chi connectivity index (χ0) is 13.0. The van der Waals surface area contributed by atoms with E-state index in [4.69, 9.17) is 4.74 Å². The number of rotatable bonds is 5. The van der Waals surface area contributed by atoms with Crippen LogP contribution in [-0.4, -0.2) is 11.7 Å². The van der Waals surface area contributed by atoms with Crippen molar-refractivity contribution in [3.05, 3.63) is 36.4 Å². The van der Waals surface area contributed by atoms with Crippen LogP contribution in [0.4, 0.5) is 0 Å². The Morgan fingerprint density at radius 2 is 1.89 bits per heavy atom. The van der Waals surface area contributed by atoms with Gasteiger partial charge in [0.2, 0.25) is 0 Å². The van der Waals surface area contributed by atoms with Crippen LogP contribution < -0.4 is 4.74 Å². The third kappa shape index (κ3) is 3.16. The Labute approximate surface area is 108 Å². The maximum atomic E-state index is 9.47. The molecule has 0 aliphatic carbocycles. The Balaban J connectivity index is 2.09. The van der Waals surface area contributed by atoms with E-state index in [1.54, 1.807) is 12.1 Å². The minimum atomic E-state index is 0.291. The molecule has 1 atom stereocenters. The third-order valence-corrected chi connectivity index (χ3v) is 3.11. The highest BCUT2D eigenvalue weighted by Crippen LogP contribution is 2.24. The summed E-state index contributed by atoms with van der Waals surface area (Å²) in [6, 6.07) is 11.4. The molecule has 2 heteroatoms. The summed E-state index contributed by atoms with van der Waals surface area (Å²) in [6.07, 6.45) is 2.38. The summed E-state index contributed by atoms with van der Waals surface area (Å²) in [7, 11) is 0. The summed E-state index contributed by atoms with van der Waals surface area (Å²) in [5.41, 5.74) is 0. The zero-order valence-electron chi connectivity index (χ0n) is 11.0. The predicted octanol–water partition coefficient (Wildman–Crippen LogP) is 4.36. The Morgan fingerprint density at radius 3 is 2.67 bits per heavy atom. The molecule has 0 saturated heterocycles. The molecule has 0 heterocycles. The van der Waals surface area contributed by atoms with Crippen molar-refractivity contribution in [2.75, 3.05) is 6.61 Å². The van der Waals surface area contributed by atoms with Crippen molar-refractivity contribution in [2.45, 2.75) is 26.7 Å². The van der Waals surface area contributed by atoms with Gasteiger partial charge in [-0.3, -0.25) is 0 Å². The van der Waals surface area contributed by atoms with Crippen LogP contribution in [0, 0.1) is 5.92 Å². The normalized spacial score (nSPS) is 12.6. The molecule has 0 radical (unpaired) electrons. The van der Waals surface area contributed by atoms with Crippen LogP contribution in [0.2, 0.25) is 0 Å². The first-order valence-corrected chi connectivity index (χ1v) is 6.54. The van der Waals surface area contributed by atoms with Crippen LogP contribution in [0.15, 0.2) is 36.4 Å². The summed E-state index contributed by atoms with van der Waals surface area (Å²) in [5.74, 6) is 1.74. The summed E-state index contributed by atoms with van der Waals surface area (Å²) < 4.78 is 5.79. The van der Waals surface area contributed by atoms with Gasteiger partial charge in [-0.2, -0.15) is 0 Å². The molecule has 2 rings (SSSR count). The lowest BCUT2D eigenvalue weighted by atomic mass is 10.1. The lowest BCUT2D eigenvalue weighted by Gasteiger charge is -2.12. The number of hydrogen-bond donors (Lipinski definition) is 1. The van der Waals surface area contributed by atoms with Crippen molar-refractivity contribution in [3.8, 4) is 11.5 Å². The Kier molecular flexibility index (Phi) is 4.08. The molecule has 0 aliphatic heterocycles. The van der Waals surface area contributed by atoms with Crippen molar-refractivity contribution < 1.29 is 9.84 Å². The number of ether oxygens (including phenoxy) is 1. The SMILES string of the molecule is CCCC(C)COc1ccc2ccc(O)cc2c1. The maximum Gasteiger partial charge on any atom is 0.119 e. The van der Waals surface area contributed by atoms with E-state index in [9.17, 15) is 5.11 Å². The smallest absolute Gasteiger partial charge is 0.119 e. The second kappa shape index (κ2) is 5.76. The number of fused-ring (bicyclic) bond motifs is 1. The van der Waals surface area contributed by atoms with Crippen LogP contribution in [0.3, 0.4) is 0 Å². The first-order chi connectivity index (χ1) is 8.69. The van der Waals surface area contributed by atoms with Crippen molar-refractivity contribution in [1.82, 2.24) is 0 Å². The Bertz CT molecular complexity index is 519. The zero-order valence-corrected chi connectivity index (χ0v) is 11.0. The monoisotopic (exact) mass is 244 g/mol. The molecule has 18 heavy (non-hydrogen) atoms. The van der Waals surface area contributed by atoms with Gasteiger partial charge in [-0.1, -0.05) is 32.4 Å². The van der Waals surface area contributed by atoms with Crippen LogP contribution in [0.25, 0.3) is 10.8 Å². The van der Waals surface area contributed by atoms with Crippen molar-refractivity contribution in [2.24, 2.45) is 5.92 Å². The van der Waals surface area contributed by atoms with E-state index >= 15 is 0 Å². The standard InChI is InChI=1S/C16H20O2/c1-3-4-12(2)11-18-16-8-6-13-5-7-15(17)9-14(13)10-16/h5-10,12,17H,3-4,11H2,1-2H3. The molecular weight excluding hydrogens is 224 g/mol. The summed E-state index contributed by atoms with van der Waals surface area (Å²) >= 11 is 0. The predicted molar refractivity (Wildman–Crippen MR) is 75.2 cm³/mol. The minimum Gasteiger partial charge on any atom is -0.508 e. The van der Waals surface area contributed by atoms with Crippen LogP contribution >= 0.6 is 0 Å². The van der Waals surface area contributed by atoms with Crippen molar-refractivity contribution in [3.63, 3.8) is 0 Å². The van der Waals surface area contributed by atoms with Gasteiger partial charge in [-0.15, -0.1) is 0 Å². The molecule has 2 aromatic rings. The van der Waals surface area contributed by atoms with Gasteiger partial charge < -0.3 is 9.84 Å². The highest BCUT2D eigenvalue weighted by atomic mass is 16.5. The van der Waals surface area contributed by atoms with Crippen LogP contribution in [0.1, 0.15) is 26.7 Å². The molecular formula is C16H20O2. The van der Waals surface area contributed by atoms with Crippen molar-refractivity contribution >= 4 is 10.8 Å². The van der Waals surface area contributed by atoms with E-state index in [0.717, 1.165) is 23.1 Å². The average molecular weight is 244 g/mol. The molecule has 0 bridgehead atoms. The summed E-state index contributed by atoms with van der Waals surface area (Å²) in [5, 5.41) is 11.6. The van der Waals surface area contributed by atoms with E-state index in [1.165, 1.54) is 12.8 Å². The topological polar surface area (TPSA) is 29.5 Å². The van der Waals surface area contributed by atoms with E-state index in [0.29, 0.717) is 11.7 Å². The number of benzene rings is 2. The maximum absolute atomic E-state index is 9.47.